The molecule has 0 radical (unpaired) electrons. The van der Waals surface area contributed by atoms with E-state index in [4.69, 9.17) is 0 Å². The van der Waals surface area contributed by atoms with Crippen LogP contribution < -0.4 is 4.90 Å². The van der Waals surface area contributed by atoms with Crippen LogP contribution >= 0.6 is 0 Å². The average molecular weight is 202 g/mol. The minimum Gasteiger partial charge on any atom is -0.372 e. The van der Waals surface area contributed by atoms with Crippen molar-refractivity contribution in [3.05, 3.63) is 30.0 Å². The Kier molecular flexibility index (Phi) is 2.67. The van der Waals surface area contributed by atoms with Crippen molar-refractivity contribution < 1.29 is 0 Å². The number of hydrogen-bond donors (Lipinski definition) is 1. The molecule has 0 amide bonds. The van der Waals surface area contributed by atoms with Crippen LogP contribution in [0.15, 0.2) is 24.4 Å². The van der Waals surface area contributed by atoms with Gasteiger partial charge in [0.1, 0.15) is 0 Å². The molecular weight excluding hydrogens is 184 g/mol. The summed E-state index contributed by atoms with van der Waals surface area (Å²) in [6.07, 6.45) is 2.07. The molecule has 15 heavy (non-hydrogen) atoms. The van der Waals surface area contributed by atoms with Crippen LogP contribution in [-0.4, -0.2) is 18.1 Å². The van der Waals surface area contributed by atoms with Gasteiger partial charge in [-0.05, 0) is 38.5 Å². The maximum Gasteiger partial charge on any atom is 0.0477 e. The first-order chi connectivity index (χ1) is 7.26. The number of benzene rings is 1. The SMILES string of the molecule is CCN(CC)c1ccc2c(C)c[nH]c2c1. The topological polar surface area (TPSA) is 19.0 Å². The maximum absolute atomic E-state index is 3.30. The number of aromatic amines is 1. The molecule has 2 aromatic rings. The first-order valence-corrected chi connectivity index (χ1v) is 5.59. The molecule has 1 N–H and O–H groups in total. The molecule has 0 saturated heterocycles. The molecule has 0 saturated carbocycles. The first-order valence-electron chi connectivity index (χ1n) is 5.59. The number of nitrogens with zero attached hydrogens (tertiary/aromatic N) is 1. The third-order valence-electron chi connectivity index (χ3n) is 3.00. The van der Waals surface area contributed by atoms with Crippen molar-refractivity contribution in [2.45, 2.75) is 20.8 Å². The molecule has 80 valence electrons. The molecule has 2 rings (SSSR count). The lowest BCUT2D eigenvalue weighted by Crippen LogP contribution is -2.21. The molecular formula is C13H18N2. The fraction of sp³-hybridized carbons (Fsp3) is 0.385. The lowest BCUT2D eigenvalue weighted by Gasteiger charge is -2.20. The van der Waals surface area contributed by atoms with E-state index in [0.717, 1.165) is 13.1 Å². The number of fused-ring (bicyclic) bond motifs is 1. The highest BCUT2D eigenvalue weighted by Gasteiger charge is 2.04. The lowest BCUT2D eigenvalue weighted by atomic mass is 10.1. The summed E-state index contributed by atoms with van der Waals surface area (Å²) in [5.41, 5.74) is 3.85. The zero-order valence-corrected chi connectivity index (χ0v) is 9.67. The quantitative estimate of drug-likeness (QED) is 0.809. The van der Waals surface area contributed by atoms with E-state index in [2.05, 4.69) is 55.1 Å². The third-order valence-corrected chi connectivity index (χ3v) is 3.00. The number of anilines is 1. The minimum atomic E-state index is 1.06. The van der Waals surface area contributed by atoms with E-state index in [9.17, 15) is 0 Å². The molecule has 0 spiro atoms. The van der Waals surface area contributed by atoms with E-state index in [1.165, 1.54) is 22.2 Å². The van der Waals surface area contributed by atoms with Gasteiger partial charge in [-0.3, -0.25) is 0 Å². The number of nitrogens with one attached hydrogen (secondary N) is 1. The highest BCUT2D eigenvalue weighted by molar-refractivity contribution is 5.86. The van der Waals surface area contributed by atoms with Gasteiger partial charge in [-0.15, -0.1) is 0 Å². The molecule has 0 aliphatic carbocycles. The highest BCUT2D eigenvalue weighted by atomic mass is 15.1. The molecule has 0 aliphatic heterocycles. The number of hydrogen-bond acceptors (Lipinski definition) is 1. The van der Waals surface area contributed by atoms with E-state index in [1.54, 1.807) is 0 Å². The monoisotopic (exact) mass is 202 g/mol. The van der Waals surface area contributed by atoms with Crippen molar-refractivity contribution in [2.24, 2.45) is 0 Å². The summed E-state index contributed by atoms with van der Waals surface area (Å²) in [5, 5.41) is 1.32. The van der Waals surface area contributed by atoms with Crippen LogP contribution in [-0.2, 0) is 0 Å². The van der Waals surface area contributed by atoms with E-state index >= 15 is 0 Å². The van der Waals surface area contributed by atoms with E-state index < -0.39 is 0 Å². The fourth-order valence-corrected chi connectivity index (χ4v) is 2.04. The van der Waals surface area contributed by atoms with Gasteiger partial charge in [0, 0.05) is 35.9 Å². The van der Waals surface area contributed by atoms with Gasteiger partial charge in [-0.1, -0.05) is 6.07 Å². The molecule has 1 aromatic heterocycles. The number of rotatable bonds is 3. The Balaban J connectivity index is 2.46. The van der Waals surface area contributed by atoms with Gasteiger partial charge in [0.2, 0.25) is 0 Å². The second kappa shape index (κ2) is 3.97. The molecule has 1 aromatic carbocycles. The van der Waals surface area contributed by atoms with Crippen LogP contribution in [0.3, 0.4) is 0 Å². The summed E-state index contributed by atoms with van der Waals surface area (Å²) >= 11 is 0. The summed E-state index contributed by atoms with van der Waals surface area (Å²) in [7, 11) is 0. The molecule has 1 heterocycles. The minimum absolute atomic E-state index is 1.06. The van der Waals surface area contributed by atoms with Crippen molar-refractivity contribution >= 4 is 16.6 Å². The molecule has 0 atom stereocenters. The first kappa shape index (κ1) is 10.1. The number of H-pyrrole nitrogens is 1. The van der Waals surface area contributed by atoms with Crippen molar-refractivity contribution in [3.8, 4) is 0 Å². The van der Waals surface area contributed by atoms with Gasteiger partial charge in [0.05, 0.1) is 0 Å². The van der Waals surface area contributed by atoms with Gasteiger partial charge in [0.25, 0.3) is 0 Å². The van der Waals surface area contributed by atoms with Crippen molar-refractivity contribution in [1.29, 1.82) is 0 Å². The predicted octanol–water partition coefficient (Wildman–Crippen LogP) is 3.32. The Morgan fingerprint density at radius 2 is 1.93 bits per heavy atom. The second-order valence-corrected chi connectivity index (χ2v) is 3.87. The van der Waals surface area contributed by atoms with Crippen LogP contribution in [0.5, 0.6) is 0 Å². The van der Waals surface area contributed by atoms with E-state index in [-0.39, 0.29) is 0 Å². The Hall–Kier alpha value is -1.44. The van der Waals surface area contributed by atoms with Gasteiger partial charge < -0.3 is 9.88 Å². The Morgan fingerprint density at radius 3 is 2.60 bits per heavy atom. The Bertz CT molecular complexity index is 453. The largest absolute Gasteiger partial charge is 0.372 e. The van der Waals surface area contributed by atoms with E-state index in [1.807, 2.05) is 0 Å². The van der Waals surface area contributed by atoms with Gasteiger partial charge >= 0.3 is 0 Å². The third kappa shape index (κ3) is 1.72. The number of aryl methyl sites for hydroxylation is 1. The van der Waals surface area contributed by atoms with Crippen molar-refractivity contribution in [2.75, 3.05) is 18.0 Å². The van der Waals surface area contributed by atoms with Gasteiger partial charge in [0.15, 0.2) is 0 Å². The summed E-state index contributed by atoms with van der Waals surface area (Å²) in [4.78, 5) is 5.66. The van der Waals surface area contributed by atoms with Crippen LogP contribution in [0, 0.1) is 6.92 Å². The zero-order chi connectivity index (χ0) is 10.8. The van der Waals surface area contributed by atoms with Crippen molar-refractivity contribution in [3.63, 3.8) is 0 Å². The molecule has 2 nitrogen and oxygen atoms in total. The molecule has 0 fully saturated rings. The molecule has 0 bridgehead atoms. The standard InChI is InChI=1S/C13H18N2/c1-4-15(5-2)11-6-7-12-10(3)9-14-13(12)8-11/h6-9,14H,4-5H2,1-3H3. The lowest BCUT2D eigenvalue weighted by molar-refractivity contribution is 0.867. The molecule has 2 heteroatoms. The average Bonchev–Trinajstić information content (AvgIpc) is 2.62. The maximum atomic E-state index is 3.30. The van der Waals surface area contributed by atoms with Crippen LogP contribution in [0.2, 0.25) is 0 Å². The smallest absolute Gasteiger partial charge is 0.0477 e. The van der Waals surface area contributed by atoms with Gasteiger partial charge in [-0.25, -0.2) is 0 Å². The van der Waals surface area contributed by atoms with Gasteiger partial charge in [-0.2, -0.15) is 0 Å². The summed E-state index contributed by atoms with van der Waals surface area (Å²) in [6.45, 7) is 8.63. The summed E-state index contributed by atoms with van der Waals surface area (Å²) in [5.74, 6) is 0. The van der Waals surface area contributed by atoms with Crippen LogP contribution in [0.1, 0.15) is 19.4 Å². The normalized spacial score (nSPS) is 10.9. The zero-order valence-electron chi connectivity index (χ0n) is 9.67. The van der Waals surface area contributed by atoms with Crippen LogP contribution in [0.25, 0.3) is 10.9 Å². The van der Waals surface area contributed by atoms with E-state index in [0.29, 0.717) is 0 Å². The Morgan fingerprint density at radius 1 is 1.20 bits per heavy atom. The fourth-order valence-electron chi connectivity index (χ4n) is 2.04. The van der Waals surface area contributed by atoms with Crippen LogP contribution in [0.4, 0.5) is 5.69 Å². The highest BCUT2D eigenvalue weighted by Crippen LogP contribution is 2.23. The predicted molar refractivity (Wildman–Crippen MR) is 66.6 cm³/mol. The second-order valence-electron chi connectivity index (χ2n) is 3.87. The number of aromatic nitrogens is 1. The Labute approximate surface area is 90.9 Å². The van der Waals surface area contributed by atoms with Crippen molar-refractivity contribution in [1.82, 2.24) is 4.98 Å². The molecule has 0 aliphatic rings. The molecule has 0 unspecified atom stereocenters. The summed E-state index contributed by atoms with van der Waals surface area (Å²) < 4.78 is 0. The summed E-state index contributed by atoms with van der Waals surface area (Å²) in [6, 6.07) is 6.64.